The monoisotopic (exact) mass is 554 g/mol. The van der Waals surface area contributed by atoms with E-state index in [0.717, 1.165) is 5.56 Å². The molecule has 0 saturated carbocycles. The number of fused-ring (bicyclic) bond motifs is 1. The molecular weight excluding hydrogens is 519 g/mol. The predicted octanol–water partition coefficient (Wildman–Crippen LogP) is 3.29. The summed E-state index contributed by atoms with van der Waals surface area (Å²) in [6.45, 7) is 5.54. The number of carbonyl (C=O) groups excluding carboxylic acids is 3. The number of amides is 2. The Morgan fingerprint density at radius 1 is 1.02 bits per heavy atom. The Kier molecular flexibility index (Phi) is 9.81. The van der Waals surface area contributed by atoms with Gasteiger partial charge in [0.1, 0.15) is 23.3 Å². The molecule has 0 aliphatic rings. The van der Waals surface area contributed by atoms with Gasteiger partial charge in [0.25, 0.3) is 5.91 Å². The Balaban J connectivity index is 1.56. The first-order valence-corrected chi connectivity index (χ1v) is 12.8. The number of aromatic nitrogens is 2. The van der Waals surface area contributed by atoms with Crippen molar-refractivity contribution < 1.29 is 28.2 Å². The van der Waals surface area contributed by atoms with Gasteiger partial charge in [-0.1, -0.05) is 18.2 Å². The Morgan fingerprint density at radius 3 is 2.38 bits per heavy atom. The first kappa shape index (κ1) is 30.1. The van der Waals surface area contributed by atoms with E-state index in [1.54, 1.807) is 57.2 Å². The van der Waals surface area contributed by atoms with E-state index in [1.807, 2.05) is 0 Å². The average Bonchev–Trinajstić information content (AvgIpc) is 2.88. The van der Waals surface area contributed by atoms with Crippen LogP contribution in [0.1, 0.15) is 55.1 Å². The highest BCUT2D eigenvalue weighted by Gasteiger charge is 2.22. The summed E-state index contributed by atoms with van der Waals surface area (Å²) >= 11 is 0. The smallest absolute Gasteiger partial charge is 0.407 e. The molecule has 1 atom stereocenters. The number of nitrogens with one attached hydrogen (secondary N) is 2. The maximum Gasteiger partial charge on any atom is 0.407 e. The molecule has 214 valence electrons. The lowest BCUT2D eigenvalue weighted by Gasteiger charge is -2.20. The molecule has 40 heavy (non-hydrogen) atoms. The highest BCUT2D eigenvalue weighted by molar-refractivity contribution is 5.96. The van der Waals surface area contributed by atoms with Crippen LogP contribution in [0.3, 0.4) is 0 Å². The van der Waals surface area contributed by atoms with Crippen molar-refractivity contribution in [1.82, 2.24) is 20.6 Å². The quantitative estimate of drug-likeness (QED) is 0.217. The number of benzene rings is 2. The molecule has 6 N–H and O–H groups in total. The first-order valence-electron chi connectivity index (χ1n) is 12.8. The fourth-order valence-electron chi connectivity index (χ4n) is 4.01. The molecule has 0 radical (unpaired) electrons. The number of carbonyl (C=O) groups is 3. The van der Waals surface area contributed by atoms with Crippen molar-refractivity contribution in [2.45, 2.75) is 58.1 Å². The lowest BCUT2D eigenvalue weighted by molar-refractivity contribution is -0.143. The van der Waals surface area contributed by atoms with E-state index in [4.69, 9.17) is 20.9 Å². The summed E-state index contributed by atoms with van der Waals surface area (Å²) in [5.74, 6) is -1.55. The summed E-state index contributed by atoms with van der Waals surface area (Å²) in [4.78, 5) is 44.6. The minimum absolute atomic E-state index is 0.0122. The highest BCUT2D eigenvalue weighted by atomic mass is 19.1. The molecule has 3 rings (SSSR count). The maximum atomic E-state index is 15.0. The summed E-state index contributed by atoms with van der Waals surface area (Å²) in [5, 5.41) is 5.44. The Bertz CT molecular complexity index is 1370. The second-order valence-electron chi connectivity index (χ2n) is 10.2. The number of ether oxygens (including phenoxy) is 2. The second-order valence-corrected chi connectivity index (χ2v) is 10.2. The van der Waals surface area contributed by atoms with E-state index in [9.17, 15) is 14.4 Å². The zero-order chi connectivity index (χ0) is 29.4. The minimum Gasteiger partial charge on any atom is -0.467 e. The number of halogens is 1. The van der Waals surface area contributed by atoms with Crippen molar-refractivity contribution in [3.8, 4) is 0 Å². The van der Waals surface area contributed by atoms with Crippen LogP contribution in [0.25, 0.3) is 10.9 Å². The molecule has 0 unspecified atom stereocenters. The van der Waals surface area contributed by atoms with Crippen LogP contribution in [0.4, 0.5) is 21.0 Å². The zero-order valence-corrected chi connectivity index (χ0v) is 23.0. The molecule has 0 spiro atoms. The van der Waals surface area contributed by atoms with E-state index in [0.29, 0.717) is 35.9 Å². The van der Waals surface area contributed by atoms with E-state index >= 15 is 4.39 Å². The number of nitrogens with two attached hydrogens (primary N) is 2. The molecule has 0 aliphatic heterocycles. The Morgan fingerprint density at radius 2 is 1.73 bits per heavy atom. The molecule has 1 heterocycles. The van der Waals surface area contributed by atoms with Crippen LogP contribution >= 0.6 is 0 Å². The van der Waals surface area contributed by atoms with Gasteiger partial charge in [-0.15, -0.1) is 0 Å². The molecule has 12 heteroatoms. The molecule has 11 nitrogen and oxygen atoms in total. The number of methoxy groups -OCH3 is 1. The fraction of sp³-hybridized carbons (Fsp3) is 0.393. The number of rotatable bonds is 10. The number of esters is 1. The van der Waals surface area contributed by atoms with Crippen LogP contribution in [0.15, 0.2) is 36.4 Å². The largest absolute Gasteiger partial charge is 0.467 e. The number of alkyl carbamates (subject to hydrolysis) is 1. The van der Waals surface area contributed by atoms with Crippen molar-refractivity contribution in [1.29, 1.82) is 0 Å². The van der Waals surface area contributed by atoms with Gasteiger partial charge in [0.2, 0.25) is 5.95 Å². The SMILES string of the molecule is COC(=O)[C@H](CCCNC(=O)OC(C)(C)C)NC(=O)c1ccc(CCc2ccc3nc(N)nc(N)c3c2F)cc1. The molecule has 2 aromatic carbocycles. The summed E-state index contributed by atoms with van der Waals surface area (Å²) in [7, 11) is 1.24. The van der Waals surface area contributed by atoms with Crippen LogP contribution < -0.4 is 22.1 Å². The zero-order valence-electron chi connectivity index (χ0n) is 23.0. The Hall–Kier alpha value is -4.48. The van der Waals surface area contributed by atoms with Gasteiger partial charge in [0.05, 0.1) is 18.0 Å². The van der Waals surface area contributed by atoms with Crippen LogP contribution in [0.5, 0.6) is 0 Å². The molecular formula is C28H35FN6O5. The van der Waals surface area contributed by atoms with Crippen molar-refractivity contribution >= 4 is 40.6 Å². The van der Waals surface area contributed by atoms with Crippen molar-refractivity contribution in [3.05, 3.63) is 58.9 Å². The molecule has 0 bridgehead atoms. The number of hydrogen-bond donors (Lipinski definition) is 4. The van der Waals surface area contributed by atoms with Crippen molar-refractivity contribution in [2.24, 2.45) is 0 Å². The van der Waals surface area contributed by atoms with E-state index in [2.05, 4.69) is 20.6 Å². The Labute approximate surface area is 231 Å². The summed E-state index contributed by atoms with van der Waals surface area (Å²) < 4.78 is 25.0. The van der Waals surface area contributed by atoms with E-state index in [1.165, 1.54) is 7.11 Å². The highest BCUT2D eigenvalue weighted by Crippen LogP contribution is 2.25. The van der Waals surface area contributed by atoms with Gasteiger partial charge in [-0.25, -0.2) is 19.0 Å². The fourth-order valence-corrected chi connectivity index (χ4v) is 4.01. The minimum atomic E-state index is -0.889. The van der Waals surface area contributed by atoms with Gasteiger partial charge < -0.3 is 31.6 Å². The molecule has 2 amide bonds. The molecule has 1 aromatic heterocycles. The predicted molar refractivity (Wildman–Crippen MR) is 149 cm³/mol. The maximum absolute atomic E-state index is 15.0. The molecule has 0 saturated heterocycles. The number of hydrogen-bond acceptors (Lipinski definition) is 9. The lowest BCUT2D eigenvalue weighted by atomic mass is 10.0. The van der Waals surface area contributed by atoms with E-state index in [-0.39, 0.29) is 30.1 Å². The van der Waals surface area contributed by atoms with Gasteiger partial charge in [0, 0.05) is 12.1 Å². The van der Waals surface area contributed by atoms with Crippen LogP contribution in [-0.4, -0.2) is 53.2 Å². The molecule has 0 aliphatic carbocycles. The molecule has 0 fully saturated rings. The van der Waals surface area contributed by atoms with Gasteiger partial charge in [-0.3, -0.25) is 4.79 Å². The summed E-state index contributed by atoms with van der Waals surface area (Å²) in [5.41, 5.74) is 12.8. The summed E-state index contributed by atoms with van der Waals surface area (Å²) in [6, 6.07) is 9.21. The second kappa shape index (κ2) is 13.0. The van der Waals surface area contributed by atoms with Gasteiger partial charge in [-0.05, 0) is 75.8 Å². The standard InChI is InChI=1S/C28H35FN6O5/c1-28(2,3)40-27(38)32-15-5-6-20(25(37)39-4)33-24(36)18-11-8-16(9-12-18)7-10-17-13-14-19-21(22(17)29)23(30)35-26(31)34-19/h8-9,11-14,20H,5-7,10,15H2,1-4H3,(H,32,38)(H,33,36)(H4,30,31,34,35)/t20-/m0/s1. The van der Waals surface area contributed by atoms with Crippen LogP contribution in [0, 0.1) is 5.82 Å². The number of nitrogens with zero attached hydrogens (tertiary/aromatic N) is 2. The third kappa shape index (κ3) is 8.26. The van der Waals surface area contributed by atoms with Gasteiger partial charge in [0.15, 0.2) is 0 Å². The number of anilines is 2. The number of aryl methyl sites for hydroxylation is 2. The van der Waals surface area contributed by atoms with Crippen LogP contribution in [-0.2, 0) is 27.1 Å². The van der Waals surface area contributed by atoms with E-state index < -0.39 is 35.4 Å². The summed E-state index contributed by atoms with van der Waals surface area (Å²) in [6.07, 6.45) is 1.01. The van der Waals surface area contributed by atoms with Crippen molar-refractivity contribution in [3.63, 3.8) is 0 Å². The number of nitrogen functional groups attached to an aromatic ring is 2. The normalized spacial score (nSPS) is 12.0. The topological polar surface area (TPSA) is 172 Å². The van der Waals surface area contributed by atoms with Crippen molar-refractivity contribution in [2.75, 3.05) is 25.1 Å². The average molecular weight is 555 g/mol. The third-order valence-corrected chi connectivity index (χ3v) is 5.95. The molecule has 3 aromatic rings. The first-order chi connectivity index (χ1) is 18.9. The van der Waals surface area contributed by atoms with Gasteiger partial charge in [-0.2, -0.15) is 4.98 Å². The lowest BCUT2D eigenvalue weighted by Crippen LogP contribution is -2.42. The third-order valence-electron chi connectivity index (χ3n) is 5.95. The van der Waals surface area contributed by atoms with Crippen LogP contribution in [0.2, 0.25) is 0 Å². The van der Waals surface area contributed by atoms with Gasteiger partial charge >= 0.3 is 12.1 Å².